The first-order chi connectivity index (χ1) is 13.5. The summed E-state index contributed by atoms with van der Waals surface area (Å²) in [4.78, 5) is 13.7. The SMILES string of the molecule is O=S(=O)(c1ccc(F)cc1)N1CCN(c2ncnc3sc4c(c23)CCC4)CC1. The Kier molecular flexibility index (Phi) is 4.33. The molecule has 1 aliphatic heterocycles. The Morgan fingerprint density at radius 3 is 2.50 bits per heavy atom. The van der Waals surface area contributed by atoms with Gasteiger partial charge in [-0.2, -0.15) is 4.31 Å². The molecule has 3 heterocycles. The average molecular weight is 419 g/mol. The van der Waals surface area contributed by atoms with E-state index in [9.17, 15) is 12.8 Å². The van der Waals surface area contributed by atoms with Gasteiger partial charge in [0, 0.05) is 31.1 Å². The molecule has 0 radical (unpaired) electrons. The zero-order valence-electron chi connectivity index (χ0n) is 15.1. The standard InChI is InChI=1S/C19H19FN4O2S2/c20-13-4-6-14(7-5-13)28(25,26)24-10-8-23(9-11-24)18-17-15-2-1-3-16(15)27-19(17)22-12-21-18/h4-7,12H,1-3,8-11H2. The van der Waals surface area contributed by atoms with Gasteiger partial charge in [-0.15, -0.1) is 11.3 Å². The largest absolute Gasteiger partial charge is 0.353 e. The fourth-order valence-electron chi connectivity index (χ4n) is 4.05. The third-order valence-electron chi connectivity index (χ3n) is 5.47. The van der Waals surface area contributed by atoms with Crippen molar-refractivity contribution in [1.29, 1.82) is 0 Å². The number of thiophene rings is 1. The number of piperazine rings is 1. The Bertz CT molecular complexity index is 1140. The van der Waals surface area contributed by atoms with Crippen LogP contribution in [-0.2, 0) is 22.9 Å². The van der Waals surface area contributed by atoms with Crippen molar-refractivity contribution in [3.63, 3.8) is 0 Å². The zero-order valence-corrected chi connectivity index (χ0v) is 16.8. The molecule has 0 saturated carbocycles. The van der Waals surface area contributed by atoms with Gasteiger partial charge in [-0.1, -0.05) is 0 Å². The second kappa shape index (κ2) is 6.75. The Labute approximate surface area is 166 Å². The molecule has 2 aromatic heterocycles. The minimum atomic E-state index is -3.62. The van der Waals surface area contributed by atoms with Crippen molar-refractivity contribution in [3.8, 4) is 0 Å². The summed E-state index contributed by atoms with van der Waals surface area (Å²) in [5, 5.41) is 1.15. The molecule has 0 unspecified atom stereocenters. The molecule has 0 amide bonds. The number of anilines is 1. The van der Waals surface area contributed by atoms with Crippen molar-refractivity contribution in [2.45, 2.75) is 24.2 Å². The molecule has 0 atom stereocenters. The van der Waals surface area contributed by atoms with Gasteiger partial charge in [-0.05, 0) is 49.1 Å². The Balaban J connectivity index is 1.39. The molecule has 9 heteroatoms. The van der Waals surface area contributed by atoms with Crippen molar-refractivity contribution in [1.82, 2.24) is 14.3 Å². The van der Waals surface area contributed by atoms with E-state index >= 15 is 0 Å². The van der Waals surface area contributed by atoms with Crippen LogP contribution in [0.5, 0.6) is 0 Å². The molecule has 1 aromatic carbocycles. The molecule has 1 fully saturated rings. The first kappa shape index (κ1) is 18.0. The third kappa shape index (κ3) is 2.89. The summed E-state index contributed by atoms with van der Waals surface area (Å²) < 4.78 is 40.2. The van der Waals surface area contributed by atoms with Gasteiger partial charge in [0.05, 0.1) is 10.3 Å². The molecular weight excluding hydrogens is 399 g/mol. The highest BCUT2D eigenvalue weighted by molar-refractivity contribution is 7.89. The summed E-state index contributed by atoms with van der Waals surface area (Å²) in [6.07, 6.45) is 4.95. The number of rotatable bonds is 3. The van der Waals surface area contributed by atoms with E-state index in [4.69, 9.17) is 0 Å². The lowest BCUT2D eigenvalue weighted by atomic mass is 10.1. The Hall–Kier alpha value is -2.10. The number of hydrogen-bond donors (Lipinski definition) is 0. The lowest BCUT2D eigenvalue weighted by Crippen LogP contribution is -2.49. The second-order valence-electron chi connectivity index (χ2n) is 7.08. The number of aryl methyl sites for hydroxylation is 2. The van der Waals surface area contributed by atoms with Crippen molar-refractivity contribution < 1.29 is 12.8 Å². The number of hydrogen-bond acceptors (Lipinski definition) is 6. The van der Waals surface area contributed by atoms with Crippen LogP contribution in [-0.4, -0.2) is 48.9 Å². The van der Waals surface area contributed by atoms with Crippen LogP contribution in [0.4, 0.5) is 10.2 Å². The third-order valence-corrected chi connectivity index (χ3v) is 8.58. The summed E-state index contributed by atoms with van der Waals surface area (Å²) in [6, 6.07) is 5.00. The van der Waals surface area contributed by atoms with Gasteiger partial charge in [-0.3, -0.25) is 0 Å². The summed E-state index contributed by atoms with van der Waals surface area (Å²) in [7, 11) is -3.62. The van der Waals surface area contributed by atoms with Crippen molar-refractivity contribution in [2.24, 2.45) is 0 Å². The van der Waals surface area contributed by atoms with Crippen molar-refractivity contribution in [3.05, 3.63) is 46.9 Å². The number of sulfonamides is 1. The van der Waals surface area contributed by atoms with E-state index in [0.29, 0.717) is 26.2 Å². The zero-order chi connectivity index (χ0) is 19.3. The van der Waals surface area contributed by atoms with Crippen LogP contribution in [0.15, 0.2) is 35.5 Å². The van der Waals surface area contributed by atoms with Gasteiger partial charge in [0.25, 0.3) is 0 Å². The van der Waals surface area contributed by atoms with E-state index in [1.54, 1.807) is 17.7 Å². The van der Waals surface area contributed by atoms with Crippen LogP contribution in [0.2, 0.25) is 0 Å². The maximum Gasteiger partial charge on any atom is 0.243 e. The lowest BCUT2D eigenvalue weighted by Gasteiger charge is -2.35. The molecule has 0 bridgehead atoms. The van der Waals surface area contributed by atoms with Gasteiger partial charge in [0.15, 0.2) is 0 Å². The number of halogens is 1. The average Bonchev–Trinajstić information content (AvgIpc) is 3.29. The molecule has 1 aliphatic carbocycles. The van der Waals surface area contributed by atoms with Crippen LogP contribution >= 0.6 is 11.3 Å². The van der Waals surface area contributed by atoms with Gasteiger partial charge < -0.3 is 4.90 Å². The van der Waals surface area contributed by atoms with E-state index in [2.05, 4.69) is 14.9 Å². The first-order valence-corrected chi connectivity index (χ1v) is 11.6. The topological polar surface area (TPSA) is 66.4 Å². The summed E-state index contributed by atoms with van der Waals surface area (Å²) in [5.74, 6) is 0.475. The molecule has 6 nitrogen and oxygen atoms in total. The predicted octanol–water partition coefficient (Wildman–Crippen LogP) is 2.83. The van der Waals surface area contributed by atoms with Crippen molar-refractivity contribution >= 4 is 37.4 Å². The molecule has 28 heavy (non-hydrogen) atoms. The smallest absolute Gasteiger partial charge is 0.243 e. The lowest BCUT2D eigenvalue weighted by molar-refractivity contribution is 0.384. The fraction of sp³-hybridized carbons (Fsp3) is 0.368. The maximum absolute atomic E-state index is 13.1. The van der Waals surface area contributed by atoms with Crippen molar-refractivity contribution in [2.75, 3.05) is 31.1 Å². The minimum absolute atomic E-state index is 0.127. The summed E-state index contributed by atoms with van der Waals surface area (Å²) in [6.45, 7) is 1.88. The molecule has 5 rings (SSSR count). The molecule has 0 spiro atoms. The predicted molar refractivity (Wildman–Crippen MR) is 107 cm³/mol. The molecule has 2 aliphatic rings. The number of benzene rings is 1. The maximum atomic E-state index is 13.1. The molecule has 146 valence electrons. The highest BCUT2D eigenvalue weighted by atomic mass is 32.2. The van der Waals surface area contributed by atoms with Crippen LogP contribution in [0.25, 0.3) is 10.2 Å². The highest BCUT2D eigenvalue weighted by Gasteiger charge is 2.31. The van der Waals surface area contributed by atoms with E-state index in [1.165, 1.54) is 45.4 Å². The number of fused-ring (bicyclic) bond motifs is 3. The second-order valence-corrected chi connectivity index (χ2v) is 10.1. The normalized spacial score (nSPS) is 18.0. The number of aromatic nitrogens is 2. The quantitative estimate of drug-likeness (QED) is 0.654. The Morgan fingerprint density at radius 1 is 1.00 bits per heavy atom. The highest BCUT2D eigenvalue weighted by Crippen LogP contribution is 2.40. The summed E-state index contributed by atoms with van der Waals surface area (Å²) >= 11 is 1.75. The monoisotopic (exact) mass is 418 g/mol. The van der Waals surface area contributed by atoms with Crippen LogP contribution in [0.1, 0.15) is 16.9 Å². The molecular formula is C19H19FN4O2S2. The Morgan fingerprint density at radius 2 is 1.75 bits per heavy atom. The van der Waals surface area contributed by atoms with Gasteiger partial charge in [-0.25, -0.2) is 22.8 Å². The molecule has 1 saturated heterocycles. The van der Waals surface area contributed by atoms with E-state index in [-0.39, 0.29) is 4.90 Å². The van der Waals surface area contributed by atoms with Crippen LogP contribution < -0.4 is 4.90 Å². The first-order valence-electron chi connectivity index (χ1n) is 9.30. The summed E-state index contributed by atoms with van der Waals surface area (Å²) in [5.41, 5.74) is 1.37. The molecule has 0 N–H and O–H groups in total. The number of nitrogens with zero attached hydrogens (tertiary/aromatic N) is 4. The fourth-order valence-corrected chi connectivity index (χ4v) is 6.69. The van der Waals surface area contributed by atoms with E-state index in [1.807, 2.05) is 0 Å². The minimum Gasteiger partial charge on any atom is -0.353 e. The van der Waals surface area contributed by atoms with Gasteiger partial charge >= 0.3 is 0 Å². The van der Waals surface area contributed by atoms with Gasteiger partial charge in [0.2, 0.25) is 10.0 Å². The van der Waals surface area contributed by atoms with E-state index in [0.717, 1.165) is 28.9 Å². The van der Waals surface area contributed by atoms with Crippen LogP contribution in [0.3, 0.4) is 0 Å². The molecule has 3 aromatic rings. The van der Waals surface area contributed by atoms with Gasteiger partial charge in [0.1, 0.15) is 22.8 Å². The van der Waals surface area contributed by atoms with Crippen LogP contribution in [0, 0.1) is 5.82 Å². The van der Waals surface area contributed by atoms with E-state index < -0.39 is 15.8 Å².